The molecule has 20 heavy (non-hydrogen) atoms. The Hall–Kier alpha value is -1.56. The largest absolute Gasteiger partial charge is 0.471 e. The van der Waals surface area contributed by atoms with E-state index in [-0.39, 0.29) is 19.2 Å². The van der Waals surface area contributed by atoms with E-state index in [0.29, 0.717) is 19.4 Å². The van der Waals surface area contributed by atoms with E-state index in [9.17, 15) is 18.0 Å². The van der Waals surface area contributed by atoms with Crippen molar-refractivity contribution in [3.63, 3.8) is 0 Å². The number of alkyl halides is 3. The van der Waals surface area contributed by atoms with Crippen LogP contribution in [0.4, 0.5) is 13.2 Å². The SMILES string of the molecule is O=C(N1CCC[C@H](OCc2ccccc2)C1)C(F)(F)F. The Balaban J connectivity index is 1.86. The molecule has 110 valence electrons. The molecule has 1 atom stereocenters. The summed E-state index contributed by atoms with van der Waals surface area (Å²) in [6.07, 6.45) is -3.94. The van der Waals surface area contributed by atoms with Crippen molar-refractivity contribution >= 4 is 5.91 Å². The fourth-order valence-electron chi connectivity index (χ4n) is 2.23. The zero-order valence-electron chi connectivity index (χ0n) is 10.9. The molecule has 0 aliphatic carbocycles. The summed E-state index contributed by atoms with van der Waals surface area (Å²) in [5, 5.41) is 0. The average molecular weight is 287 g/mol. The van der Waals surface area contributed by atoms with Crippen molar-refractivity contribution in [1.82, 2.24) is 4.90 Å². The van der Waals surface area contributed by atoms with Gasteiger partial charge in [-0.2, -0.15) is 13.2 Å². The molecule has 2 rings (SSSR count). The van der Waals surface area contributed by atoms with E-state index in [0.717, 1.165) is 10.5 Å². The van der Waals surface area contributed by atoms with Crippen molar-refractivity contribution in [2.24, 2.45) is 0 Å². The molecule has 1 aliphatic rings. The molecule has 1 aromatic carbocycles. The Morgan fingerprint density at radius 1 is 1.30 bits per heavy atom. The number of carbonyl (C=O) groups excluding carboxylic acids is 1. The van der Waals surface area contributed by atoms with Crippen molar-refractivity contribution in [2.75, 3.05) is 13.1 Å². The van der Waals surface area contributed by atoms with Crippen LogP contribution in [0.5, 0.6) is 0 Å². The Bertz CT molecular complexity index is 447. The Morgan fingerprint density at radius 2 is 2.00 bits per heavy atom. The number of hydrogen-bond acceptors (Lipinski definition) is 2. The van der Waals surface area contributed by atoms with Crippen LogP contribution >= 0.6 is 0 Å². The average Bonchev–Trinajstić information content (AvgIpc) is 2.45. The molecule has 0 radical (unpaired) electrons. The van der Waals surface area contributed by atoms with Crippen molar-refractivity contribution < 1.29 is 22.7 Å². The van der Waals surface area contributed by atoms with E-state index in [1.807, 2.05) is 30.3 Å². The standard InChI is InChI=1S/C14H16F3NO2/c15-14(16,17)13(19)18-8-4-7-12(9-18)20-10-11-5-2-1-3-6-11/h1-3,5-6,12H,4,7-10H2/t12-/m0/s1. The van der Waals surface area contributed by atoms with Gasteiger partial charge in [-0.05, 0) is 18.4 Å². The smallest absolute Gasteiger partial charge is 0.372 e. The van der Waals surface area contributed by atoms with Crippen LogP contribution in [-0.4, -0.2) is 36.2 Å². The van der Waals surface area contributed by atoms with Gasteiger partial charge in [0, 0.05) is 13.1 Å². The lowest BCUT2D eigenvalue weighted by Gasteiger charge is -2.33. The predicted octanol–water partition coefficient (Wildman–Crippen LogP) is 2.76. The first-order valence-corrected chi connectivity index (χ1v) is 6.48. The van der Waals surface area contributed by atoms with Gasteiger partial charge in [-0.3, -0.25) is 4.79 Å². The molecule has 6 heteroatoms. The highest BCUT2D eigenvalue weighted by Gasteiger charge is 2.43. The van der Waals surface area contributed by atoms with E-state index in [1.54, 1.807) is 0 Å². The topological polar surface area (TPSA) is 29.5 Å². The van der Waals surface area contributed by atoms with Crippen LogP contribution < -0.4 is 0 Å². The molecule has 1 fully saturated rings. The lowest BCUT2D eigenvalue weighted by Crippen LogP contribution is -2.48. The molecule has 3 nitrogen and oxygen atoms in total. The van der Waals surface area contributed by atoms with Gasteiger partial charge in [0.05, 0.1) is 12.7 Å². The van der Waals surface area contributed by atoms with E-state index >= 15 is 0 Å². The maximum absolute atomic E-state index is 12.4. The molecule has 1 aliphatic heterocycles. The number of amides is 1. The van der Waals surface area contributed by atoms with Gasteiger partial charge in [0.25, 0.3) is 0 Å². The summed E-state index contributed by atoms with van der Waals surface area (Å²) in [5.41, 5.74) is 0.965. The lowest BCUT2D eigenvalue weighted by molar-refractivity contribution is -0.188. The normalized spacial score (nSPS) is 19.9. The van der Waals surface area contributed by atoms with Crippen LogP contribution in [0.25, 0.3) is 0 Å². The van der Waals surface area contributed by atoms with Crippen molar-refractivity contribution in [1.29, 1.82) is 0 Å². The molecule has 0 aromatic heterocycles. The molecule has 0 spiro atoms. The van der Waals surface area contributed by atoms with Gasteiger partial charge in [0.1, 0.15) is 0 Å². The molecule has 1 amide bonds. The van der Waals surface area contributed by atoms with Crippen LogP contribution in [0.15, 0.2) is 30.3 Å². The third-order valence-electron chi connectivity index (χ3n) is 3.24. The highest BCUT2D eigenvalue weighted by atomic mass is 19.4. The molecule has 1 aromatic rings. The summed E-state index contributed by atoms with van der Waals surface area (Å²) in [4.78, 5) is 12.0. The highest BCUT2D eigenvalue weighted by Crippen LogP contribution is 2.22. The van der Waals surface area contributed by atoms with Gasteiger partial charge >= 0.3 is 12.1 Å². The summed E-state index contributed by atoms with van der Waals surface area (Å²) in [5.74, 6) is -1.77. The van der Waals surface area contributed by atoms with Gasteiger partial charge in [-0.15, -0.1) is 0 Å². The minimum absolute atomic E-state index is 0.00514. The second kappa shape index (κ2) is 6.26. The molecule has 0 bridgehead atoms. The lowest BCUT2D eigenvalue weighted by atomic mass is 10.1. The van der Waals surface area contributed by atoms with Gasteiger partial charge in [0.2, 0.25) is 0 Å². The fourth-order valence-corrected chi connectivity index (χ4v) is 2.23. The van der Waals surface area contributed by atoms with Gasteiger partial charge in [-0.25, -0.2) is 0 Å². The maximum atomic E-state index is 12.4. The molecule has 0 unspecified atom stereocenters. The first-order chi connectivity index (χ1) is 9.47. The number of halogens is 3. The summed E-state index contributed by atoms with van der Waals surface area (Å²) >= 11 is 0. The minimum Gasteiger partial charge on any atom is -0.372 e. The predicted molar refractivity (Wildman–Crippen MR) is 66.9 cm³/mol. The van der Waals surface area contributed by atoms with Crippen molar-refractivity contribution in [2.45, 2.75) is 31.7 Å². The molecular weight excluding hydrogens is 271 g/mol. The van der Waals surface area contributed by atoms with Crippen LogP contribution in [0.3, 0.4) is 0 Å². The summed E-state index contributed by atoms with van der Waals surface area (Å²) in [7, 11) is 0. The fraction of sp³-hybridized carbons (Fsp3) is 0.500. The van der Waals surface area contributed by atoms with Gasteiger partial charge in [0.15, 0.2) is 0 Å². The number of rotatable bonds is 3. The van der Waals surface area contributed by atoms with Crippen LogP contribution in [0, 0.1) is 0 Å². The van der Waals surface area contributed by atoms with Crippen LogP contribution in [-0.2, 0) is 16.1 Å². The minimum atomic E-state index is -4.80. The van der Waals surface area contributed by atoms with E-state index < -0.39 is 12.1 Å². The Labute approximate surface area is 115 Å². The third kappa shape index (κ3) is 3.96. The Morgan fingerprint density at radius 3 is 2.65 bits per heavy atom. The number of hydrogen-bond donors (Lipinski definition) is 0. The number of nitrogens with zero attached hydrogens (tertiary/aromatic N) is 1. The van der Waals surface area contributed by atoms with Crippen LogP contribution in [0.2, 0.25) is 0 Å². The molecular formula is C14H16F3NO2. The zero-order chi connectivity index (χ0) is 14.6. The van der Waals surface area contributed by atoms with Gasteiger partial charge < -0.3 is 9.64 Å². The van der Waals surface area contributed by atoms with E-state index in [1.165, 1.54) is 0 Å². The third-order valence-corrected chi connectivity index (χ3v) is 3.24. The first-order valence-electron chi connectivity index (χ1n) is 6.48. The van der Waals surface area contributed by atoms with E-state index in [2.05, 4.69) is 0 Å². The number of ether oxygens (including phenoxy) is 1. The number of carbonyl (C=O) groups is 1. The van der Waals surface area contributed by atoms with Crippen molar-refractivity contribution in [3.8, 4) is 0 Å². The molecule has 0 N–H and O–H groups in total. The van der Waals surface area contributed by atoms with Gasteiger partial charge in [-0.1, -0.05) is 30.3 Å². The quantitative estimate of drug-likeness (QED) is 0.855. The summed E-state index contributed by atoms with van der Waals surface area (Å²) in [6.45, 7) is 0.494. The number of piperidine rings is 1. The zero-order valence-corrected chi connectivity index (χ0v) is 10.9. The second-order valence-corrected chi connectivity index (χ2v) is 4.81. The molecule has 0 saturated carbocycles. The molecule has 1 heterocycles. The van der Waals surface area contributed by atoms with E-state index in [4.69, 9.17) is 4.74 Å². The summed E-state index contributed by atoms with van der Waals surface area (Å²) in [6, 6.07) is 9.41. The van der Waals surface area contributed by atoms with Crippen molar-refractivity contribution in [3.05, 3.63) is 35.9 Å². The number of benzene rings is 1. The Kier molecular flexibility index (Phi) is 4.65. The first kappa shape index (κ1) is 14.8. The highest BCUT2D eigenvalue weighted by molar-refractivity contribution is 5.81. The second-order valence-electron chi connectivity index (χ2n) is 4.81. The number of likely N-dealkylation sites (tertiary alicyclic amines) is 1. The monoisotopic (exact) mass is 287 g/mol. The maximum Gasteiger partial charge on any atom is 0.471 e. The molecule has 1 saturated heterocycles. The van der Waals surface area contributed by atoms with Crippen LogP contribution in [0.1, 0.15) is 18.4 Å². The summed E-state index contributed by atoms with van der Waals surface area (Å²) < 4.78 is 42.7.